The van der Waals surface area contributed by atoms with Gasteiger partial charge in [0.15, 0.2) is 0 Å². The van der Waals surface area contributed by atoms with Crippen LogP contribution < -0.4 is 10.5 Å². The quantitative estimate of drug-likeness (QED) is 0.443. The third kappa shape index (κ3) is 5.37. The topological polar surface area (TPSA) is 131 Å². The molecule has 2 aromatic carbocycles. The first-order chi connectivity index (χ1) is 15.9. The second-order valence-electron chi connectivity index (χ2n) is 7.75. The van der Waals surface area contributed by atoms with Crippen molar-refractivity contribution in [1.29, 1.82) is 0 Å². The van der Waals surface area contributed by atoms with Gasteiger partial charge in [-0.2, -0.15) is 4.72 Å². The second kappa shape index (κ2) is 10.1. The van der Waals surface area contributed by atoms with E-state index in [4.69, 9.17) is 16.0 Å². The Hall–Kier alpha value is -3.02. The molecule has 34 heavy (non-hydrogen) atoms. The van der Waals surface area contributed by atoms with Crippen LogP contribution in [0.1, 0.15) is 47.0 Å². The number of nitrogens with one attached hydrogen (secondary N) is 2. The van der Waals surface area contributed by atoms with E-state index in [1.54, 1.807) is 26.8 Å². The summed E-state index contributed by atoms with van der Waals surface area (Å²) >= 11 is 6.01. The SMILES string of the molecule is COC(=O)Cc1cc(Cl)ccc1S(=O)(=O)N[C@H](c1n[nH]c(=O)o1)C(C)c1c(F)ccc(C)c1C. The first kappa shape index (κ1) is 25.6. The number of sulfonamides is 1. The minimum atomic E-state index is -4.34. The predicted molar refractivity (Wildman–Crippen MR) is 122 cm³/mol. The summed E-state index contributed by atoms with van der Waals surface area (Å²) in [6.07, 6.45) is -0.351. The number of methoxy groups -OCH3 is 1. The van der Waals surface area contributed by atoms with E-state index in [0.29, 0.717) is 5.56 Å². The van der Waals surface area contributed by atoms with E-state index < -0.39 is 39.5 Å². The molecular formula is C22H23ClFN3O6S. The van der Waals surface area contributed by atoms with Crippen molar-refractivity contribution in [3.63, 3.8) is 0 Å². The number of carbonyl (C=O) groups excluding carboxylic acids is 1. The summed E-state index contributed by atoms with van der Waals surface area (Å²) in [5.74, 6) is -3.22. The number of hydrogen-bond donors (Lipinski definition) is 2. The van der Waals surface area contributed by atoms with E-state index in [9.17, 15) is 22.4 Å². The van der Waals surface area contributed by atoms with Gasteiger partial charge in [-0.25, -0.2) is 22.7 Å². The van der Waals surface area contributed by atoms with Crippen LogP contribution in [-0.2, 0) is 26.0 Å². The van der Waals surface area contributed by atoms with Crippen molar-refractivity contribution in [3.8, 4) is 0 Å². The summed E-state index contributed by atoms with van der Waals surface area (Å²) in [4.78, 5) is 23.2. The van der Waals surface area contributed by atoms with E-state index >= 15 is 0 Å². The van der Waals surface area contributed by atoms with Crippen LogP contribution in [0, 0.1) is 19.7 Å². The minimum Gasteiger partial charge on any atom is -0.469 e. The van der Waals surface area contributed by atoms with E-state index in [1.807, 2.05) is 0 Å². The highest BCUT2D eigenvalue weighted by Gasteiger charge is 2.34. The molecule has 1 unspecified atom stereocenters. The predicted octanol–water partition coefficient (Wildman–Crippen LogP) is 3.31. The van der Waals surface area contributed by atoms with Gasteiger partial charge in [-0.15, -0.1) is 5.10 Å². The minimum absolute atomic E-state index is 0.0969. The molecule has 0 fully saturated rings. The van der Waals surface area contributed by atoms with Gasteiger partial charge in [-0.3, -0.25) is 4.79 Å². The molecule has 0 bridgehead atoms. The van der Waals surface area contributed by atoms with Crippen LogP contribution >= 0.6 is 11.6 Å². The van der Waals surface area contributed by atoms with Crippen molar-refractivity contribution >= 4 is 27.6 Å². The van der Waals surface area contributed by atoms with Gasteiger partial charge in [0.05, 0.1) is 18.4 Å². The van der Waals surface area contributed by atoms with Gasteiger partial charge in [-0.05, 0) is 60.4 Å². The lowest BCUT2D eigenvalue weighted by molar-refractivity contribution is -0.139. The summed E-state index contributed by atoms with van der Waals surface area (Å²) in [6.45, 7) is 5.10. The maximum Gasteiger partial charge on any atom is 0.434 e. The zero-order valence-electron chi connectivity index (χ0n) is 18.8. The Balaban J connectivity index is 2.11. The van der Waals surface area contributed by atoms with Crippen molar-refractivity contribution in [1.82, 2.24) is 14.9 Å². The average molecular weight is 512 g/mol. The maximum absolute atomic E-state index is 14.8. The summed E-state index contributed by atoms with van der Waals surface area (Å²) < 4.78 is 53.9. The van der Waals surface area contributed by atoms with Gasteiger partial charge in [0.1, 0.15) is 11.9 Å². The van der Waals surface area contributed by atoms with Crippen LogP contribution in [0.15, 0.2) is 44.4 Å². The molecule has 0 amide bonds. The zero-order chi connectivity index (χ0) is 25.2. The molecule has 1 heterocycles. The molecule has 0 aliphatic heterocycles. The fourth-order valence-electron chi connectivity index (χ4n) is 3.68. The third-order valence-electron chi connectivity index (χ3n) is 5.57. The molecule has 2 atom stereocenters. The lowest BCUT2D eigenvalue weighted by Gasteiger charge is -2.25. The number of aromatic amines is 1. The van der Waals surface area contributed by atoms with Crippen LogP contribution in [-0.4, -0.2) is 31.7 Å². The Morgan fingerprint density at radius 2 is 2.00 bits per heavy atom. The number of nitrogens with zero attached hydrogens (tertiary/aromatic N) is 1. The number of aryl methyl sites for hydroxylation is 1. The van der Waals surface area contributed by atoms with Gasteiger partial charge in [0.2, 0.25) is 15.9 Å². The smallest absolute Gasteiger partial charge is 0.434 e. The molecule has 0 saturated carbocycles. The van der Waals surface area contributed by atoms with Crippen molar-refractivity contribution in [3.05, 3.63) is 79.9 Å². The summed E-state index contributed by atoms with van der Waals surface area (Å²) in [6, 6.07) is 5.57. The molecule has 0 radical (unpaired) electrons. The number of benzene rings is 2. The van der Waals surface area contributed by atoms with E-state index in [-0.39, 0.29) is 33.4 Å². The van der Waals surface area contributed by atoms with E-state index in [2.05, 4.69) is 19.7 Å². The largest absolute Gasteiger partial charge is 0.469 e. The maximum atomic E-state index is 14.8. The standard InChI is InChI=1S/C22H23ClFN3O6S/c1-11-5-7-16(24)19(12(11)2)13(3)20(21-25-26-22(29)33-21)27-34(30,31)17-8-6-15(23)9-14(17)10-18(28)32-4/h5-9,13,20,27H,10H2,1-4H3,(H,26,29)/t13?,20-/m0/s1. The van der Waals surface area contributed by atoms with Crippen LogP contribution in [0.4, 0.5) is 4.39 Å². The van der Waals surface area contributed by atoms with Crippen LogP contribution in [0.25, 0.3) is 0 Å². The van der Waals surface area contributed by atoms with Gasteiger partial charge in [0, 0.05) is 10.9 Å². The van der Waals surface area contributed by atoms with Crippen LogP contribution in [0.3, 0.4) is 0 Å². The molecule has 9 nitrogen and oxygen atoms in total. The molecule has 0 saturated heterocycles. The molecule has 0 aliphatic rings. The molecule has 3 aromatic rings. The third-order valence-corrected chi connectivity index (χ3v) is 7.34. The summed E-state index contributed by atoms with van der Waals surface area (Å²) in [5.41, 5.74) is 1.75. The Labute approximate surface area is 200 Å². The first-order valence-electron chi connectivity index (χ1n) is 10.1. The van der Waals surface area contributed by atoms with Crippen LogP contribution in [0.2, 0.25) is 5.02 Å². The number of halogens is 2. The number of aromatic nitrogens is 2. The Kier molecular flexibility index (Phi) is 7.59. The normalized spacial score (nSPS) is 13.5. The number of hydrogen-bond acceptors (Lipinski definition) is 7. The van der Waals surface area contributed by atoms with Gasteiger partial charge < -0.3 is 9.15 Å². The Morgan fingerprint density at radius 1 is 1.29 bits per heavy atom. The molecule has 0 aliphatic carbocycles. The second-order valence-corrected chi connectivity index (χ2v) is 9.87. The van der Waals surface area contributed by atoms with Crippen molar-refractivity contribution in [2.45, 2.75) is 44.0 Å². The molecule has 2 N–H and O–H groups in total. The summed E-state index contributed by atoms with van der Waals surface area (Å²) in [5, 5.41) is 6.09. The van der Waals surface area contributed by atoms with Crippen molar-refractivity contribution in [2.75, 3.05) is 7.11 Å². The highest BCUT2D eigenvalue weighted by molar-refractivity contribution is 7.89. The van der Waals surface area contributed by atoms with E-state index in [0.717, 1.165) is 5.56 Å². The Bertz CT molecular complexity index is 1390. The van der Waals surface area contributed by atoms with Gasteiger partial charge in [-0.1, -0.05) is 24.6 Å². The number of carbonyl (C=O) groups is 1. The molecule has 1 aromatic heterocycles. The number of ether oxygens (including phenoxy) is 1. The lowest BCUT2D eigenvalue weighted by atomic mass is 9.88. The average Bonchev–Trinajstić information content (AvgIpc) is 3.20. The monoisotopic (exact) mass is 511 g/mol. The first-order valence-corrected chi connectivity index (χ1v) is 12.0. The molecule has 182 valence electrons. The highest BCUT2D eigenvalue weighted by atomic mass is 35.5. The molecule has 0 spiro atoms. The van der Waals surface area contributed by atoms with Gasteiger partial charge >= 0.3 is 11.7 Å². The number of esters is 1. The molecule has 3 rings (SSSR count). The lowest BCUT2D eigenvalue weighted by Crippen LogP contribution is -2.33. The Morgan fingerprint density at radius 3 is 2.62 bits per heavy atom. The number of H-pyrrole nitrogens is 1. The van der Waals surface area contributed by atoms with E-state index in [1.165, 1.54) is 31.4 Å². The van der Waals surface area contributed by atoms with Crippen LogP contribution in [0.5, 0.6) is 0 Å². The number of rotatable bonds is 8. The van der Waals surface area contributed by atoms with Crippen molar-refractivity contribution < 1.29 is 26.8 Å². The van der Waals surface area contributed by atoms with Gasteiger partial charge in [0.25, 0.3) is 0 Å². The fraction of sp³-hybridized carbons (Fsp3) is 0.318. The fourth-order valence-corrected chi connectivity index (χ4v) is 5.36. The molecular weight excluding hydrogens is 489 g/mol. The summed E-state index contributed by atoms with van der Waals surface area (Å²) in [7, 11) is -3.17. The molecule has 12 heteroatoms. The van der Waals surface area contributed by atoms with Crippen molar-refractivity contribution in [2.24, 2.45) is 0 Å². The zero-order valence-corrected chi connectivity index (χ0v) is 20.4. The highest BCUT2D eigenvalue weighted by Crippen LogP contribution is 2.35.